The van der Waals surface area contributed by atoms with Gasteiger partial charge in [-0.25, -0.2) is 9.37 Å². The molecule has 0 saturated heterocycles. The second kappa shape index (κ2) is 5.41. The Bertz CT molecular complexity index is 851. The molecule has 0 aliphatic carbocycles. The molecule has 0 unspecified atom stereocenters. The van der Waals surface area contributed by atoms with E-state index in [1.54, 1.807) is 20.1 Å². The van der Waals surface area contributed by atoms with Crippen molar-refractivity contribution < 1.29 is 9.13 Å². The predicted molar refractivity (Wildman–Crippen MR) is 87.9 cm³/mol. The molecular weight excluding hydrogens is 277 g/mol. The van der Waals surface area contributed by atoms with E-state index in [0.29, 0.717) is 16.8 Å². The minimum Gasteiger partial charge on any atom is -0.494 e. The summed E-state index contributed by atoms with van der Waals surface area (Å²) in [6, 6.07) is 11.4. The molecule has 112 valence electrons. The fourth-order valence-electron chi connectivity index (χ4n) is 2.76. The summed E-state index contributed by atoms with van der Waals surface area (Å²) in [6.07, 6.45) is 0. The molecular formula is C19H18FNO. The van der Waals surface area contributed by atoms with Crippen LogP contribution in [0.25, 0.3) is 22.2 Å². The van der Waals surface area contributed by atoms with Gasteiger partial charge in [-0.15, -0.1) is 0 Å². The van der Waals surface area contributed by atoms with Gasteiger partial charge < -0.3 is 4.74 Å². The summed E-state index contributed by atoms with van der Waals surface area (Å²) in [5.41, 5.74) is 5.29. The maximum Gasteiger partial charge on any atom is 0.145 e. The van der Waals surface area contributed by atoms with Gasteiger partial charge in [0.2, 0.25) is 0 Å². The smallest absolute Gasteiger partial charge is 0.145 e. The Morgan fingerprint density at radius 1 is 0.909 bits per heavy atom. The van der Waals surface area contributed by atoms with Crippen molar-refractivity contribution in [1.82, 2.24) is 4.98 Å². The third-order valence-corrected chi connectivity index (χ3v) is 3.78. The van der Waals surface area contributed by atoms with Crippen LogP contribution in [-0.2, 0) is 0 Å². The van der Waals surface area contributed by atoms with Gasteiger partial charge in [-0.3, -0.25) is 0 Å². The van der Waals surface area contributed by atoms with Crippen LogP contribution in [0.2, 0.25) is 0 Å². The van der Waals surface area contributed by atoms with Gasteiger partial charge in [0, 0.05) is 17.0 Å². The van der Waals surface area contributed by atoms with E-state index in [1.165, 1.54) is 6.07 Å². The number of methoxy groups -OCH3 is 1. The van der Waals surface area contributed by atoms with Crippen LogP contribution >= 0.6 is 0 Å². The zero-order valence-electron chi connectivity index (χ0n) is 13.2. The molecule has 0 radical (unpaired) electrons. The fourth-order valence-corrected chi connectivity index (χ4v) is 2.76. The average molecular weight is 295 g/mol. The lowest BCUT2D eigenvalue weighted by Gasteiger charge is -2.12. The average Bonchev–Trinajstić information content (AvgIpc) is 2.46. The number of rotatable bonds is 2. The first-order chi connectivity index (χ1) is 10.5. The molecule has 22 heavy (non-hydrogen) atoms. The largest absolute Gasteiger partial charge is 0.494 e. The highest BCUT2D eigenvalue weighted by Crippen LogP contribution is 2.33. The molecule has 2 nitrogen and oxygen atoms in total. The molecule has 1 heterocycles. The Labute approximate surface area is 129 Å². The summed E-state index contributed by atoms with van der Waals surface area (Å²) in [6.45, 7) is 5.85. The van der Waals surface area contributed by atoms with E-state index in [-0.39, 0.29) is 5.82 Å². The third kappa shape index (κ3) is 2.54. The first-order valence-electron chi connectivity index (χ1n) is 7.21. The molecule has 0 atom stereocenters. The number of fused-ring (bicyclic) bond motifs is 1. The normalized spacial score (nSPS) is 11.0. The molecule has 3 rings (SSSR count). The van der Waals surface area contributed by atoms with Crippen molar-refractivity contribution in [3.8, 4) is 17.0 Å². The number of halogens is 1. The van der Waals surface area contributed by atoms with E-state index in [0.717, 1.165) is 27.8 Å². The number of aryl methyl sites for hydroxylation is 3. The maximum absolute atomic E-state index is 13.8. The predicted octanol–water partition coefficient (Wildman–Crippen LogP) is 4.97. The minimum absolute atomic E-state index is 0.239. The fraction of sp³-hybridized carbons (Fsp3) is 0.211. The van der Waals surface area contributed by atoms with Crippen LogP contribution in [0.1, 0.15) is 16.7 Å². The first kappa shape index (κ1) is 14.5. The van der Waals surface area contributed by atoms with Crippen molar-refractivity contribution in [2.24, 2.45) is 0 Å². The summed E-state index contributed by atoms with van der Waals surface area (Å²) in [7, 11) is 1.63. The highest BCUT2D eigenvalue weighted by Gasteiger charge is 2.12. The van der Waals surface area contributed by atoms with Crippen molar-refractivity contribution in [2.45, 2.75) is 20.8 Å². The Kier molecular flexibility index (Phi) is 3.57. The number of hydrogen-bond acceptors (Lipinski definition) is 2. The third-order valence-electron chi connectivity index (χ3n) is 3.78. The minimum atomic E-state index is -0.239. The molecule has 2 aromatic carbocycles. The summed E-state index contributed by atoms with van der Waals surface area (Å²) >= 11 is 0. The Balaban J connectivity index is 2.30. The summed E-state index contributed by atoms with van der Waals surface area (Å²) in [5, 5.41) is 0.879. The maximum atomic E-state index is 13.8. The lowest BCUT2D eigenvalue weighted by atomic mass is 10.0. The molecule has 3 aromatic rings. The van der Waals surface area contributed by atoms with Gasteiger partial charge in [0.1, 0.15) is 17.3 Å². The van der Waals surface area contributed by atoms with Crippen molar-refractivity contribution in [2.75, 3.05) is 7.11 Å². The number of benzene rings is 2. The van der Waals surface area contributed by atoms with E-state index >= 15 is 0 Å². The topological polar surface area (TPSA) is 22.1 Å². The molecule has 1 aromatic heterocycles. The van der Waals surface area contributed by atoms with Gasteiger partial charge in [0.15, 0.2) is 0 Å². The van der Waals surface area contributed by atoms with Crippen molar-refractivity contribution >= 4 is 10.9 Å². The van der Waals surface area contributed by atoms with Crippen molar-refractivity contribution in [3.63, 3.8) is 0 Å². The highest BCUT2D eigenvalue weighted by atomic mass is 19.1. The molecule has 0 bridgehead atoms. The van der Waals surface area contributed by atoms with Crippen LogP contribution in [0.4, 0.5) is 4.39 Å². The van der Waals surface area contributed by atoms with Crippen molar-refractivity contribution in [3.05, 3.63) is 58.9 Å². The van der Waals surface area contributed by atoms with Gasteiger partial charge in [0.05, 0.1) is 12.6 Å². The molecule has 0 aliphatic rings. The zero-order chi connectivity index (χ0) is 15.9. The summed E-state index contributed by atoms with van der Waals surface area (Å²) < 4.78 is 19.3. The molecule has 0 aliphatic heterocycles. The number of ether oxygens (including phenoxy) is 1. The van der Waals surface area contributed by atoms with E-state index in [4.69, 9.17) is 4.74 Å². The standard InChI is InChI=1S/C19H18FNO/c1-11-5-12(2)7-15(6-11)19-18(22-4)9-14-8-13(3)16(20)10-17(14)21-19/h5-10H,1-4H3. The second-order valence-electron chi connectivity index (χ2n) is 5.71. The Morgan fingerprint density at radius 3 is 2.23 bits per heavy atom. The first-order valence-corrected chi connectivity index (χ1v) is 7.21. The van der Waals surface area contributed by atoms with E-state index in [1.807, 2.05) is 19.9 Å². The SMILES string of the molecule is COc1cc2cc(C)c(F)cc2nc1-c1cc(C)cc(C)c1. The summed E-state index contributed by atoms with van der Waals surface area (Å²) in [5.74, 6) is 0.458. The monoisotopic (exact) mass is 295 g/mol. The lowest BCUT2D eigenvalue weighted by Crippen LogP contribution is -1.95. The van der Waals surface area contributed by atoms with E-state index < -0.39 is 0 Å². The number of nitrogens with zero attached hydrogens (tertiary/aromatic N) is 1. The highest BCUT2D eigenvalue weighted by molar-refractivity contribution is 5.85. The molecule has 0 N–H and O–H groups in total. The Hall–Kier alpha value is -2.42. The van der Waals surface area contributed by atoms with Crippen LogP contribution in [0, 0.1) is 26.6 Å². The molecule has 0 saturated carbocycles. The van der Waals surface area contributed by atoms with Gasteiger partial charge in [-0.2, -0.15) is 0 Å². The van der Waals surface area contributed by atoms with Crippen LogP contribution < -0.4 is 4.74 Å². The van der Waals surface area contributed by atoms with Gasteiger partial charge >= 0.3 is 0 Å². The van der Waals surface area contributed by atoms with Crippen LogP contribution in [0.3, 0.4) is 0 Å². The lowest BCUT2D eigenvalue weighted by molar-refractivity contribution is 0.415. The van der Waals surface area contributed by atoms with E-state index in [2.05, 4.69) is 23.2 Å². The molecule has 3 heteroatoms. The van der Waals surface area contributed by atoms with Gasteiger partial charge in [-0.05, 0) is 50.6 Å². The number of hydrogen-bond donors (Lipinski definition) is 0. The van der Waals surface area contributed by atoms with Crippen molar-refractivity contribution in [1.29, 1.82) is 0 Å². The quantitative estimate of drug-likeness (QED) is 0.665. The number of pyridine rings is 1. The van der Waals surface area contributed by atoms with Gasteiger partial charge in [-0.1, -0.05) is 17.2 Å². The summed E-state index contributed by atoms with van der Waals surface area (Å²) in [4.78, 5) is 4.64. The van der Waals surface area contributed by atoms with E-state index in [9.17, 15) is 4.39 Å². The number of aromatic nitrogens is 1. The molecule has 0 spiro atoms. The van der Waals surface area contributed by atoms with Crippen LogP contribution in [0.15, 0.2) is 36.4 Å². The van der Waals surface area contributed by atoms with Gasteiger partial charge in [0.25, 0.3) is 0 Å². The molecule has 0 fully saturated rings. The van der Waals surface area contributed by atoms with Crippen LogP contribution in [-0.4, -0.2) is 12.1 Å². The van der Waals surface area contributed by atoms with Crippen LogP contribution in [0.5, 0.6) is 5.75 Å². The second-order valence-corrected chi connectivity index (χ2v) is 5.71. The molecule has 0 amide bonds. The zero-order valence-corrected chi connectivity index (χ0v) is 13.2. The Morgan fingerprint density at radius 2 is 1.59 bits per heavy atom.